The molecule has 1 saturated carbocycles. The lowest BCUT2D eigenvalue weighted by atomic mass is 9.85. The van der Waals surface area contributed by atoms with E-state index in [0.717, 1.165) is 0 Å². The van der Waals surface area contributed by atoms with Gasteiger partial charge in [-0.15, -0.1) is 0 Å². The molecule has 25 heavy (non-hydrogen) atoms. The third kappa shape index (κ3) is 4.93. The fourth-order valence-electron chi connectivity index (χ4n) is 2.87. The monoisotopic (exact) mass is 350 g/mol. The van der Waals surface area contributed by atoms with Crippen LogP contribution >= 0.6 is 0 Å². The first kappa shape index (κ1) is 19.2. The minimum absolute atomic E-state index is 0.00737. The highest BCUT2D eigenvalue weighted by Gasteiger charge is 2.42. The number of ether oxygens (including phenoxy) is 3. The number of hydrogen-bond donors (Lipinski definition) is 2. The highest BCUT2D eigenvalue weighted by Crippen LogP contribution is 2.26. The van der Waals surface area contributed by atoms with Crippen LogP contribution in [0.4, 0.5) is 0 Å². The molecule has 1 aliphatic carbocycles. The van der Waals surface area contributed by atoms with Gasteiger partial charge in [-0.3, -0.25) is 9.59 Å². The topological polar surface area (TPSA) is 85.9 Å². The molecule has 138 valence electrons. The Kier molecular flexibility index (Phi) is 7.21. The first-order chi connectivity index (χ1) is 12.1. The Morgan fingerprint density at radius 1 is 1.20 bits per heavy atom. The van der Waals surface area contributed by atoms with Gasteiger partial charge in [0.2, 0.25) is 5.91 Å². The predicted octanol–water partition coefficient (Wildman–Crippen LogP) is 1.12. The maximum Gasteiger partial charge on any atom is 0.255 e. The number of nitrogens with one attached hydrogen (secondary N) is 2. The molecule has 0 aliphatic heterocycles. The summed E-state index contributed by atoms with van der Waals surface area (Å²) in [5.74, 6) is -0.103. The lowest BCUT2D eigenvalue weighted by Crippen LogP contribution is -2.61. The minimum Gasteiger partial charge on any atom is -0.493 e. The molecule has 0 spiro atoms. The van der Waals surface area contributed by atoms with Crippen molar-refractivity contribution < 1.29 is 23.8 Å². The second kappa shape index (κ2) is 9.39. The van der Waals surface area contributed by atoms with Gasteiger partial charge in [0.25, 0.3) is 5.91 Å². The minimum atomic E-state index is -0.344. The van der Waals surface area contributed by atoms with Crippen LogP contribution < -0.4 is 15.4 Å². The SMILES string of the molecule is CCOc1ccccc1C(=O)NCC(=O)NC1CC(OCC)C1OC. The normalized spacial score (nSPS) is 22.0. The third-order valence-electron chi connectivity index (χ3n) is 4.09. The van der Waals surface area contributed by atoms with Crippen molar-refractivity contribution in [3.05, 3.63) is 29.8 Å². The summed E-state index contributed by atoms with van der Waals surface area (Å²) in [4.78, 5) is 24.3. The first-order valence-electron chi connectivity index (χ1n) is 8.54. The van der Waals surface area contributed by atoms with Crippen molar-refractivity contribution in [2.24, 2.45) is 0 Å². The average Bonchev–Trinajstić information content (AvgIpc) is 2.59. The van der Waals surface area contributed by atoms with Crippen molar-refractivity contribution in [3.63, 3.8) is 0 Å². The molecular formula is C18H26N2O5. The van der Waals surface area contributed by atoms with Crippen LogP contribution in [0.15, 0.2) is 24.3 Å². The average molecular weight is 350 g/mol. The molecule has 0 heterocycles. The molecule has 1 aliphatic rings. The molecular weight excluding hydrogens is 324 g/mol. The van der Waals surface area contributed by atoms with E-state index in [4.69, 9.17) is 14.2 Å². The van der Waals surface area contributed by atoms with Crippen LogP contribution in [0.5, 0.6) is 5.75 Å². The van der Waals surface area contributed by atoms with E-state index in [1.54, 1.807) is 31.4 Å². The molecule has 1 fully saturated rings. The maximum absolute atomic E-state index is 12.3. The zero-order valence-corrected chi connectivity index (χ0v) is 14.9. The fraction of sp³-hybridized carbons (Fsp3) is 0.556. The summed E-state index contributed by atoms with van der Waals surface area (Å²) in [6, 6.07) is 6.84. The quantitative estimate of drug-likeness (QED) is 0.697. The van der Waals surface area contributed by atoms with Crippen LogP contribution in [-0.2, 0) is 14.3 Å². The molecule has 1 aromatic carbocycles. The summed E-state index contributed by atoms with van der Waals surface area (Å²) in [5, 5.41) is 5.48. The summed E-state index contributed by atoms with van der Waals surface area (Å²) in [6.07, 6.45) is 0.561. The number of amides is 2. The van der Waals surface area contributed by atoms with Gasteiger partial charge in [-0.25, -0.2) is 0 Å². The van der Waals surface area contributed by atoms with Crippen molar-refractivity contribution in [3.8, 4) is 5.75 Å². The molecule has 2 N–H and O–H groups in total. The smallest absolute Gasteiger partial charge is 0.255 e. The van der Waals surface area contributed by atoms with Gasteiger partial charge in [0.15, 0.2) is 0 Å². The number of rotatable bonds is 9. The van der Waals surface area contributed by atoms with E-state index in [0.29, 0.717) is 30.9 Å². The molecule has 7 nitrogen and oxygen atoms in total. The van der Waals surface area contributed by atoms with Gasteiger partial charge in [0.1, 0.15) is 11.9 Å². The number of para-hydroxylation sites is 1. The molecule has 0 saturated heterocycles. The van der Waals surface area contributed by atoms with Crippen LogP contribution in [0, 0.1) is 0 Å². The molecule has 2 rings (SSSR count). The van der Waals surface area contributed by atoms with E-state index < -0.39 is 0 Å². The summed E-state index contributed by atoms with van der Waals surface area (Å²) >= 11 is 0. The number of carbonyl (C=O) groups is 2. The Labute approximate surface area is 148 Å². The van der Waals surface area contributed by atoms with E-state index in [-0.39, 0.29) is 36.6 Å². The Bertz CT molecular complexity index is 593. The molecule has 0 aromatic heterocycles. The second-order valence-electron chi connectivity index (χ2n) is 5.72. The number of methoxy groups -OCH3 is 1. The molecule has 3 unspecified atom stereocenters. The zero-order valence-electron chi connectivity index (χ0n) is 14.9. The Morgan fingerprint density at radius 2 is 1.96 bits per heavy atom. The fourth-order valence-corrected chi connectivity index (χ4v) is 2.87. The van der Waals surface area contributed by atoms with Crippen LogP contribution in [0.3, 0.4) is 0 Å². The molecule has 0 radical (unpaired) electrons. The summed E-state index contributed by atoms with van der Waals surface area (Å²) in [5.41, 5.74) is 0.409. The van der Waals surface area contributed by atoms with Gasteiger partial charge < -0.3 is 24.8 Å². The Morgan fingerprint density at radius 3 is 2.64 bits per heavy atom. The maximum atomic E-state index is 12.3. The molecule has 3 atom stereocenters. The standard InChI is InChI=1S/C18H26N2O5/c1-4-24-14-9-7-6-8-12(14)18(22)19-11-16(21)20-13-10-15(25-5-2)17(13)23-3/h6-9,13,15,17H,4-5,10-11H2,1-3H3,(H,19,22)(H,20,21). The van der Waals surface area contributed by atoms with Crippen molar-refractivity contribution >= 4 is 11.8 Å². The summed E-state index contributed by atoms with van der Waals surface area (Å²) in [6.45, 7) is 4.74. The largest absolute Gasteiger partial charge is 0.493 e. The number of benzene rings is 1. The van der Waals surface area contributed by atoms with Crippen molar-refractivity contribution in [1.29, 1.82) is 0 Å². The van der Waals surface area contributed by atoms with Crippen LogP contribution in [0.2, 0.25) is 0 Å². The highest BCUT2D eigenvalue weighted by atomic mass is 16.5. The van der Waals surface area contributed by atoms with Crippen molar-refractivity contribution in [2.75, 3.05) is 26.9 Å². The lowest BCUT2D eigenvalue weighted by molar-refractivity contribution is -0.142. The number of hydrogen-bond acceptors (Lipinski definition) is 5. The van der Waals surface area contributed by atoms with Gasteiger partial charge in [0.05, 0.1) is 30.9 Å². The van der Waals surface area contributed by atoms with E-state index in [9.17, 15) is 9.59 Å². The summed E-state index contributed by atoms with van der Waals surface area (Å²) < 4.78 is 16.3. The van der Waals surface area contributed by atoms with E-state index in [1.165, 1.54) is 0 Å². The second-order valence-corrected chi connectivity index (χ2v) is 5.72. The zero-order chi connectivity index (χ0) is 18.2. The highest BCUT2D eigenvalue weighted by molar-refractivity contribution is 5.98. The van der Waals surface area contributed by atoms with E-state index in [2.05, 4.69) is 10.6 Å². The first-order valence-corrected chi connectivity index (χ1v) is 8.54. The predicted molar refractivity (Wildman–Crippen MR) is 92.7 cm³/mol. The van der Waals surface area contributed by atoms with Gasteiger partial charge in [-0.2, -0.15) is 0 Å². The van der Waals surface area contributed by atoms with E-state index in [1.807, 2.05) is 13.8 Å². The van der Waals surface area contributed by atoms with Crippen molar-refractivity contribution in [2.45, 2.75) is 38.5 Å². The lowest BCUT2D eigenvalue weighted by Gasteiger charge is -2.43. The molecule has 0 bridgehead atoms. The number of carbonyl (C=O) groups excluding carboxylic acids is 2. The molecule has 7 heteroatoms. The summed E-state index contributed by atoms with van der Waals surface area (Å²) in [7, 11) is 1.60. The molecule has 2 amide bonds. The van der Waals surface area contributed by atoms with Gasteiger partial charge >= 0.3 is 0 Å². The molecule has 1 aromatic rings. The van der Waals surface area contributed by atoms with Crippen molar-refractivity contribution in [1.82, 2.24) is 10.6 Å². The Balaban J connectivity index is 1.81. The van der Waals surface area contributed by atoms with Gasteiger partial charge in [-0.05, 0) is 32.4 Å². The van der Waals surface area contributed by atoms with Crippen LogP contribution in [0.25, 0.3) is 0 Å². The van der Waals surface area contributed by atoms with Crippen LogP contribution in [-0.4, -0.2) is 56.9 Å². The Hall–Kier alpha value is -2.12. The van der Waals surface area contributed by atoms with Gasteiger partial charge in [0, 0.05) is 13.7 Å². The third-order valence-corrected chi connectivity index (χ3v) is 4.09. The van der Waals surface area contributed by atoms with Gasteiger partial charge in [-0.1, -0.05) is 12.1 Å². The van der Waals surface area contributed by atoms with Crippen LogP contribution in [0.1, 0.15) is 30.6 Å². The van der Waals surface area contributed by atoms with E-state index >= 15 is 0 Å².